The molecule has 10 rings (SSSR count). The van der Waals surface area contributed by atoms with E-state index in [0.717, 1.165) is 17.1 Å². The van der Waals surface area contributed by atoms with Crippen LogP contribution in [0.25, 0.3) is 73.4 Å². The molecule has 0 N–H and O–H groups in total. The summed E-state index contributed by atoms with van der Waals surface area (Å²) in [6.07, 6.45) is 0. The molecular formula is C46H29NS2. The van der Waals surface area contributed by atoms with Gasteiger partial charge < -0.3 is 4.90 Å². The Bertz CT molecular complexity index is 2820. The van der Waals surface area contributed by atoms with Crippen LogP contribution < -0.4 is 4.90 Å². The lowest BCUT2D eigenvalue weighted by molar-refractivity contribution is 1.29. The molecule has 0 fully saturated rings. The van der Waals surface area contributed by atoms with Crippen LogP contribution in [0.1, 0.15) is 0 Å². The summed E-state index contributed by atoms with van der Waals surface area (Å²) in [5.41, 5.74) is 8.29. The summed E-state index contributed by atoms with van der Waals surface area (Å²) in [6, 6.07) is 64.5. The molecule has 49 heavy (non-hydrogen) atoms. The van der Waals surface area contributed by atoms with Gasteiger partial charge in [0.15, 0.2) is 0 Å². The minimum Gasteiger partial charge on any atom is -0.310 e. The van der Waals surface area contributed by atoms with Crippen molar-refractivity contribution in [2.24, 2.45) is 0 Å². The molecule has 8 aromatic carbocycles. The van der Waals surface area contributed by atoms with Crippen molar-refractivity contribution in [3.05, 3.63) is 176 Å². The first-order valence-corrected chi connectivity index (χ1v) is 18.2. The normalized spacial score (nSPS) is 11.7. The van der Waals surface area contributed by atoms with Crippen molar-refractivity contribution in [3.8, 4) is 22.3 Å². The lowest BCUT2D eigenvalue weighted by Gasteiger charge is -2.26. The molecule has 0 aliphatic carbocycles. The smallest absolute Gasteiger partial charge is 0.0468 e. The van der Waals surface area contributed by atoms with Gasteiger partial charge in [0.05, 0.1) is 0 Å². The van der Waals surface area contributed by atoms with E-state index in [0.29, 0.717) is 0 Å². The van der Waals surface area contributed by atoms with Crippen molar-refractivity contribution in [1.82, 2.24) is 0 Å². The van der Waals surface area contributed by atoms with Crippen LogP contribution in [0.3, 0.4) is 0 Å². The molecule has 0 saturated heterocycles. The van der Waals surface area contributed by atoms with E-state index in [4.69, 9.17) is 0 Å². The summed E-state index contributed by atoms with van der Waals surface area (Å²) in [7, 11) is 0. The van der Waals surface area contributed by atoms with Crippen LogP contribution in [0.2, 0.25) is 0 Å². The second kappa shape index (κ2) is 11.5. The Morgan fingerprint density at radius 3 is 1.39 bits per heavy atom. The van der Waals surface area contributed by atoms with Crippen LogP contribution in [0.5, 0.6) is 0 Å². The third-order valence-electron chi connectivity index (χ3n) is 9.66. The average Bonchev–Trinajstić information content (AvgIpc) is 3.73. The Morgan fingerprint density at radius 2 is 0.735 bits per heavy atom. The zero-order valence-corrected chi connectivity index (χ0v) is 28.1. The Kier molecular flexibility index (Phi) is 6.61. The van der Waals surface area contributed by atoms with E-state index in [1.165, 1.54) is 73.4 Å². The predicted octanol–water partition coefficient (Wildman–Crippen LogP) is 14.4. The van der Waals surface area contributed by atoms with E-state index >= 15 is 0 Å². The van der Waals surface area contributed by atoms with E-state index in [9.17, 15) is 0 Å². The predicted molar refractivity (Wildman–Crippen MR) is 215 cm³/mol. The Hall–Kier alpha value is -5.74. The van der Waals surface area contributed by atoms with E-state index in [2.05, 4.69) is 181 Å². The van der Waals surface area contributed by atoms with Crippen LogP contribution in [0, 0.1) is 0 Å². The van der Waals surface area contributed by atoms with E-state index in [-0.39, 0.29) is 0 Å². The second-order valence-corrected chi connectivity index (χ2v) is 14.7. The van der Waals surface area contributed by atoms with Crippen molar-refractivity contribution in [2.45, 2.75) is 0 Å². The van der Waals surface area contributed by atoms with E-state index in [1.54, 1.807) is 0 Å². The quantitative estimate of drug-likeness (QED) is 0.178. The molecule has 2 aromatic heterocycles. The van der Waals surface area contributed by atoms with Crippen molar-refractivity contribution >= 4 is 90.9 Å². The fourth-order valence-electron chi connectivity index (χ4n) is 7.18. The Morgan fingerprint density at radius 1 is 0.286 bits per heavy atom. The van der Waals surface area contributed by atoms with Crippen molar-refractivity contribution in [3.63, 3.8) is 0 Å². The molecule has 2 heterocycles. The molecule has 0 spiro atoms. The zero-order valence-electron chi connectivity index (χ0n) is 26.5. The maximum atomic E-state index is 2.38. The summed E-state index contributed by atoms with van der Waals surface area (Å²) < 4.78 is 5.29. The van der Waals surface area contributed by atoms with Gasteiger partial charge in [-0.2, -0.15) is 0 Å². The monoisotopic (exact) mass is 659 g/mol. The van der Waals surface area contributed by atoms with Crippen molar-refractivity contribution in [2.75, 3.05) is 4.90 Å². The minimum absolute atomic E-state index is 1.13. The van der Waals surface area contributed by atoms with Crippen molar-refractivity contribution < 1.29 is 0 Å². The van der Waals surface area contributed by atoms with Gasteiger partial charge in [-0.25, -0.2) is 0 Å². The first-order valence-electron chi connectivity index (χ1n) is 16.6. The standard InChI is InChI=1S/C46H29NS2/c1-2-8-33-27-34(14-13-30(33)7-1)31-15-20-36(21-16-31)47(38-24-26-46-42(29-38)40-10-4-6-12-44(40)49-46)37-22-17-32(18-23-37)35-19-25-45-41(28-35)39-9-3-5-11-43(39)48-45/h1-29H. The lowest BCUT2D eigenvalue weighted by atomic mass is 10.0. The first kappa shape index (κ1) is 28.3. The molecule has 0 aliphatic heterocycles. The summed E-state index contributed by atoms with van der Waals surface area (Å²) in [5, 5.41) is 7.78. The summed E-state index contributed by atoms with van der Waals surface area (Å²) in [4.78, 5) is 2.38. The molecular weight excluding hydrogens is 631 g/mol. The van der Waals surface area contributed by atoms with Crippen LogP contribution in [0.4, 0.5) is 17.1 Å². The second-order valence-electron chi connectivity index (χ2n) is 12.6. The van der Waals surface area contributed by atoms with Gasteiger partial charge >= 0.3 is 0 Å². The molecule has 0 atom stereocenters. The molecule has 0 amide bonds. The number of nitrogens with zero attached hydrogens (tertiary/aromatic N) is 1. The number of fused-ring (bicyclic) bond motifs is 7. The van der Waals surface area contributed by atoms with Gasteiger partial charge in [0.25, 0.3) is 0 Å². The molecule has 0 bridgehead atoms. The van der Waals surface area contributed by atoms with Crippen LogP contribution in [-0.4, -0.2) is 0 Å². The number of rotatable bonds is 5. The van der Waals surface area contributed by atoms with Gasteiger partial charge in [-0.05, 0) is 106 Å². The van der Waals surface area contributed by atoms with E-state index in [1.807, 2.05) is 22.7 Å². The number of benzene rings is 8. The third kappa shape index (κ3) is 4.90. The highest BCUT2D eigenvalue weighted by Crippen LogP contribution is 2.42. The first-order chi connectivity index (χ1) is 24.2. The number of thiophene rings is 2. The molecule has 3 heteroatoms. The van der Waals surface area contributed by atoms with Gasteiger partial charge in [0, 0.05) is 57.4 Å². The summed E-state index contributed by atoms with van der Waals surface area (Å²) in [6.45, 7) is 0. The fourth-order valence-corrected chi connectivity index (χ4v) is 9.35. The molecule has 230 valence electrons. The summed E-state index contributed by atoms with van der Waals surface area (Å²) in [5.74, 6) is 0. The largest absolute Gasteiger partial charge is 0.310 e. The van der Waals surface area contributed by atoms with Gasteiger partial charge in [0.2, 0.25) is 0 Å². The van der Waals surface area contributed by atoms with Crippen LogP contribution in [0.15, 0.2) is 176 Å². The van der Waals surface area contributed by atoms with Crippen LogP contribution in [-0.2, 0) is 0 Å². The molecule has 0 saturated carbocycles. The summed E-state index contributed by atoms with van der Waals surface area (Å²) >= 11 is 3.72. The van der Waals surface area contributed by atoms with Gasteiger partial charge in [0.1, 0.15) is 0 Å². The maximum Gasteiger partial charge on any atom is 0.0468 e. The SMILES string of the molecule is c1ccc2cc(-c3ccc(N(c4ccc(-c5ccc6sc7ccccc7c6c5)cc4)c4ccc5sc6ccccc6c5c4)cc3)ccc2c1. The highest BCUT2D eigenvalue weighted by atomic mass is 32.1. The Balaban J connectivity index is 1.07. The highest BCUT2D eigenvalue weighted by molar-refractivity contribution is 7.26. The number of anilines is 3. The zero-order chi connectivity index (χ0) is 32.3. The highest BCUT2D eigenvalue weighted by Gasteiger charge is 2.16. The molecule has 0 unspecified atom stereocenters. The topological polar surface area (TPSA) is 3.24 Å². The molecule has 0 aliphatic rings. The van der Waals surface area contributed by atoms with E-state index < -0.39 is 0 Å². The molecule has 1 nitrogen and oxygen atoms in total. The number of hydrogen-bond acceptors (Lipinski definition) is 3. The van der Waals surface area contributed by atoms with Crippen LogP contribution >= 0.6 is 22.7 Å². The van der Waals surface area contributed by atoms with Gasteiger partial charge in [-0.15, -0.1) is 22.7 Å². The minimum atomic E-state index is 1.13. The van der Waals surface area contributed by atoms with Crippen molar-refractivity contribution in [1.29, 1.82) is 0 Å². The number of hydrogen-bond donors (Lipinski definition) is 0. The maximum absolute atomic E-state index is 2.38. The Labute approximate surface area is 292 Å². The lowest BCUT2D eigenvalue weighted by Crippen LogP contribution is -2.09. The molecule has 10 aromatic rings. The molecule has 0 radical (unpaired) electrons. The fraction of sp³-hybridized carbons (Fsp3) is 0. The van der Waals surface area contributed by atoms with Gasteiger partial charge in [-0.3, -0.25) is 0 Å². The average molecular weight is 660 g/mol. The third-order valence-corrected chi connectivity index (χ3v) is 12.0. The van der Waals surface area contributed by atoms with Gasteiger partial charge in [-0.1, -0.05) is 103 Å².